The summed E-state index contributed by atoms with van der Waals surface area (Å²) in [5.41, 5.74) is 5.62. The van der Waals surface area contributed by atoms with Gasteiger partial charge < -0.3 is 36.4 Å². The topological polar surface area (TPSA) is 236 Å². The molecule has 2 saturated heterocycles. The average molecular weight is 1170 g/mol. The van der Waals surface area contributed by atoms with Crippen LogP contribution >= 0.6 is 0 Å². The molecule has 3 saturated carbocycles. The summed E-state index contributed by atoms with van der Waals surface area (Å²) in [4.78, 5) is 56.7. The number of halogens is 1. The second-order valence-electron chi connectivity index (χ2n) is 19.8. The average Bonchev–Trinajstić information content (AvgIpc) is 3.40. The van der Waals surface area contributed by atoms with Crippen molar-refractivity contribution >= 4 is 17.3 Å². The number of ether oxygens (including phenoxy) is 4. The Balaban J connectivity index is 0.000000281. The van der Waals surface area contributed by atoms with Gasteiger partial charge in [0.2, 0.25) is 11.8 Å². The predicted molar refractivity (Wildman–Crippen MR) is 285 cm³/mol. The Hall–Kier alpha value is -4.87. The Morgan fingerprint density at radius 2 is 0.936 bits per heavy atom. The Labute approximate surface area is 494 Å². The molecular formula is C60H73FN5NaO10Pd. The molecule has 6 aromatic rings. The van der Waals surface area contributed by atoms with E-state index in [1.54, 1.807) is 30.9 Å². The molecule has 0 atom stereocenters. The zero-order valence-electron chi connectivity index (χ0n) is 45.4. The summed E-state index contributed by atoms with van der Waals surface area (Å²) in [5.74, 6) is 2.19. The van der Waals surface area contributed by atoms with E-state index in [0.717, 1.165) is 106 Å². The van der Waals surface area contributed by atoms with Crippen LogP contribution in [0.1, 0.15) is 111 Å². The molecule has 1 aromatic carbocycles. The zero-order chi connectivity index (χ0) is 51.3. The van der Waals surface area contributed by atoms with Crippen LogP contribution in [0, 0.1) is 23.7 Å². The molecule has 0 bridgehead atoms. The molecular weight excluding hydrogens is 1100 g/mol. The Bertz CT molecular complexity index is 2650. The molecule has 7 heterocycles. The first-order chi connectivity index (χ1) is 36.2. The van der Waals surface area contributed by atoms with Crippen molar-refractivity contribution in [2.45, 2.75) is 120 Å². The molecule has 0 unspecified atom stereocenters. The van der Waals surface area contributed by atoms with E-state index in [9.17, 15) is 18.8 Å². The van der Waals surface area contributed by atoms with E-state index in [2.05, 4.69) is 43.1 Å². The van der Waals surface area contributed by atoms with Crippen LogP contribution in [0.15, 0.2) is 140 Å². The van der Waals surface area contributed by atoms with Gasteiger partial charge in [-0.1, -0.05) is 60.7 Å². The second kappa shape index (κ2) is 35.0. The number of carbonyl (C=O) groups is 3. The van der Waals surface area contributed by atoms with Crippen molar-refractivity contribution < 1.29 is 105 Å². The minimum atomic E-state index is -0.325. The van der Waals surface area contributed by atoms with Gasteiger partial charge in [-0.2, -0.15) is 4.39 Å². The van der Waals surface area contributed by atoms with Crippen molar-refractivity contribution in [3.63, 3.8) is 0 Å². The normalized spacial score (nSPS) is 21.1. The first-order valence-electron chi connectivity index (χ1n) is 26.2. The maximum Gasteiger partial charge on any atom is 1.00 e. The van der Waals surface area contributed by atoms with Crippen molar-refractivity contribution in [3.8, 4) is 5.88 Å². The van der Waals surface area contributed by atoms with Gasteiger partial charge in [0.05, 0.1) is 18.8 Å². The van der Waals surface area contributed by atoms with Crippen LogP contribution in [-0.2, 0) is 74.9 Å². The van der Waals surface area contributed by atoms with E-state index in [1.807, 2.05) is 84.9 Å². The molecule has 78 heavy (non-hydrogen) atoms. The molecule has 5 N–H and O–H groups in total. The fraction of sp³-hybridized carbons (Fsp3) is 0.433. The largest absolute Gasteiger partial charge is 1.00 e. The van der Waals surface area contributed by atoms with Crippen molar-refractivity contribution in [2.24, 2.45) is 17.8 Å². The molecule has 5 aliphatic rings. The van der Waals surface area contributed by atoms with Gasteiger partial charge >= 0.3 is 29.6 Å². The standard InChI is InChI=1S/C21H24N2O3.C18H19NO2.C11H13NO2.C10H12FNO.Na.2H2O.Pd.H/c24-20(14-17-4-1-2-8-22-17)16-12-18(13-16)26-21-19(5-3-9-23-21)15-6-10-25-11-7-15;20-18(12-16-8-4-5-9-19-16)15-10-17(11-15)21-13-14-6-2-1-3-7-14;13-10-5-8(6-10)11(14)7-9-3-1-2-4-12-9;11-10-9(2-1-5-12-10)8-3-6-13-7-4-8;;;;;/h1-5,8-9,15-16,18H,6-7,10-14H2;1-9,15,17H,10-13H2;1-4,8,10,13H,5-7H2;1-2,5,8H,3-4,6-7H2;;2*1H2;;/q;;;;+1;;;;-1. The van der Waals surface area contributed by atoms with Crippen molar-refractivity contribution in [3.05, 3.63) is 180 Å². The van der Waals surface area contributed by atoms with E-state index in [4.69, 9.17) is 24.1 Å². The molecule has 3 aliphatic carbocycles. The molecule has 0 radical (unpaired) electrons. The summed E-state index contributed by atoms with van der Waals surface area (Å²) < 4.78 is 35.9. The fourth-order valence-electron chi connectivity index (χ4n) is 9.70. The minimum absolute atomic E-state index is 0. The van der Waals surface area contributed by atoms with E-state index in [-0.39, 0.29) is 122 Å². The van der Waals surface area contributed by atoms with Gasteiger partial charge in [0.25, 0.3) is 0 Å². The van der Waals surface area contributed by atoms with E-state index in [1.165, 1.54) is 17.3 Å². The van der Waals surface area contributed by atoms with Gasteiger partial charge in [0.15, 0.2) is 0 Å². The van der Waals surface area contributed by atoms with Gasteiger partial charge in [0, 0.05) is 143 Å². The summed E-state index contributed by atoms with van der Waals surface area (Å²) in [7, 11) is 0. The Morgan fingerprint density at radius 3 is 1.38 bits per heavy atom. The molecule has 5 fully saturated rings. The number of aliphatic hydroxyl groups excluding tert-OH is 1. The number of hydrogen-bond acceptors (Lipinski definition) is 13. The molecule has 416 valence electrons. The monoisotopic (exact) mass is 1170 g/mol. The van der Waals surface area contributed by atoms with Gasteiger partial charge in [-0.25, -0.2) is 9.97 Å². The third-order valence-corrected chi connectivity index (χ3v) is 14.4. The Kier molecular flexibility index (Phi) is 29.4. The zero-order valence-corrected chi connectivity index (χ0v) is 47.9. The third-order valence-electron chi connectivity index (χ3n) is 14.4. The van der Waals surface area contributed by atoms with Crippen LogP contribution in [-0.4, -0.2) is 103 Å². The maximum atomic E-state index is 13.2. The molecule has 18 heteroatoms. The van der Waals surface area contributed by atoms with Gasteiger partial charge in [-0.3, -0.25) is 29.3 Å². The van der Waals surface area contributed by atoms with Gasteiger partial charge in [-0.15, -0.1) is 0 Å². The SMILES string of the molecule is Fc1ncccc1C1CCOCC1.O.O.O=C(Cc1ccccn1)C1CC(O)C1.O=C(Cc1ccccn1)C1CC(OCc2ccccc2)C1.O=C(Cc1ccccn1)C1CC(Oc2ncccc2C2CCOCC2)C1.[H-].[Na+].[Pd]. The van der Waals surface area contributed by atoms with Crippen LogP contribution in [0.3, 0.4) is 0 Å². The van der Waals surface area contributed by atoms with Crippen molar-refractivity contribution in [2.75, 3.05) is 26.4 Å². The second-order valence-corrected chi connectivity index (χ2v) is 19.8. The molecule has 2 aliphatic heterocycles. The number of rotatable bonds is 16. The number of hydrogen-bond donors (Lipinski definition) is 1. The van der Waals surface area contributed by atoms with Gasteiger partial charge in [-0.05, 0) is 130 Å². The number of pyridine rings is 5. The van der Waals surface area contributed by atoms with Crippen LogP contribution < -0.4 is 34.3 Å². The predicted octanol–water partition coefficient (Wildman–Crippen LogP) is 5.07. The number of Topliss-reactive ketones (excluding diaryl/α,β-unsaturated/α-hetero) is 3. The summed E-state index contributed by atoms with van der Waals surface area (Å²) in [6.07, 6.45) is 18.1. The molecule has 15 nitrogen and oxygen atoms in total. The molecule has 0 spiro atoms. The quantitative estimate of drug-likeness (QED) is 0.0986. The smallest absolute Gasteiger partial charge is 1.00 e. The first kappa shape index (κ1) is 65.6. The summed E-state index contributed by atoms with van der Waals surface area (Å²) >= 11 is 0. The number of nitrogens with zero attached hydrogens (tertiary/aromatic N) is 5. The summed E-state index contributed by atoms with van der Waals surface area (Å²) in [6, 6.07) is 34.8. The van der Waals surface area contributed by atoms with Crippen LogP contribution in [0.5, 0.6) is 5.88 Å². The van der Waals surface area contributed by atoms with Crippen molar-refractivity contribution in [1.82, 2.24) is 24.9 Å². The number of benzene rings is 1. The van der Waals surface area contributed by atoms with Crippen LogP contribution in [0.2, 0.25) is 0 Å². The molecule has 11 rings (SSSR count). The number of ketones is 3. The third kappa shape index (κ3) is 20.7. The number of aliphatic hydroxyl groups is 1. The maximum absolute atomic E-state index is 13.2. The van der Waals surface area contributed by atoms with Gasteiger partial charge in [0.1, 0.15) is 23.5 Å². The minimum Gasteiger partial charge on any atom is -1.00 e. The number of carbonyl (C=O) groups excluding carboxylic acids is 3. The molecule has 5 aromatic heterocycles. The van der Waals surface area contributed by atoms with Crippen molar-refractivity contribution in [1.29, 1.82) is 0 Å². The summed E-state index contributed by atoms with van der Waals surface area (Å²) in [5, 5.41) is 9.07. The Morgan fingerprint density at radius 1 is 0.526 bits per heavy atom. The van der Waals surface area contributed by atoms with Crippen LogP contribution in [0.4, 0.5) is 4.39 Å². The van der Waals surface area contributed by atoms with Crippen LogP contribution in [0.25, 0.3) is 0 Å². The fourth-order valence-corrected chi connectivity index (χ4v) is 9.70. The van der Waals surface area contributed by atoms with E-state index >= 15 is 0 Å². The van der Waals surface area contributed by atoms with E-state index < -0.39 is 0 Å². The summed E-state index contributed by atoms with van der Waals surface area (Å²) in [6.45, 7) is 3.70. The van der Waals surface area contributed by atoms with E-state index in [0.29, 0.717) is 50.5 Å². The first-order valence-corrected chi connectivity index (χ1v) is 26.2. The number of aromatic nitrogens is 5. The molecule has 0 amide bonds.